The molecule has 1 N–H and O–H groups in total. The molecule has 2 aromatic rings. The van der Waals surface area contributed by atoms with Crippen molar-refractivity contribution in [2.24, 2.45) is 7.05 Å². The molecule has 0 radical (unpaired) electrons. The predicted octanol–water partition coefficient (Wildman–Crippen LogP) is 3.28. The Hall–Kier alpha value is -2.05. The Morgan fingerprint density at radius 3 is 2.54 bits per heavy atom. The summed E-state index contributed by atoms with van der Waals surface area (Å²) in [4.78, 5) is 14.3. The molecule has 7 heteroatoms. The van der Waals surface area contributed by atoms with E-state index in [0.29, 0.717) is 49.5 Å². The first-order valence-electron chi connectivity index (χ1n) is 8.89. The third kappa shape index (κ3) is 4.02. The summed E-state index contributed by atoms with van der Waals surface area (Å²) >= 11 is 6.38. The molecule has 0 saturated carbocycles. The molecule has 140 valence electrons. The number of nitrogens with one attached hydrogen (secondary N) is 1. The Balaban J connectivity index is 1.66. The summed E-state index contributed by atoms with van der Waals surface area (Å²) in [6, 6.07) is 7.56. The molecule has 0 aliphatic carbocycles. The Labute approximate surface area is 159 Å². The predicted molar refractivity (Wildman–Crippen MR) is 103 cm³/mol. The van der Waals surface area contributed by atoms with Gasteiger partial charge in [0.05, 0.1) is 18.9 Å². The Morgan fingerprint density at radius 1 is 1.27 bits per heavy atom. The first kappa shape index (κ1) is 18.7. The lowest BCUT2D eigenvalue weighted by atomic mass is 10.1. The normalized spacial score (nSPS) is 14.7. The summed E-state index contributed by atoms with van der Waals surface area (Å²) in [5.41, 5.74) is 3.65. The fraction of sp³-hybridized carbons (Fsp3) is 0.474. The van der Waals surface area contributed by atoms with Crippen molar-refractivity contribution in [2.75, 3.05) is 31.6 Å². The number of hydrogen-bond donors (Lipinski definition) is 1. The van der Waals surface area contributed by atoms with Gasteiger partial charge >= 0.3 is 0 Å². The van der Waals surface area contributed by atoms with Crippen LogP contribution in [0.5, 0.6) is 0 Å². The van der Waals surface area contributed by atoms with Crippen molar-refractivity contribution in [3.05, 3.63) is 46.2 Å². The zero-order chi connectivity index (χ0) is 18.7. The number of carbonyl (C=O) groups is 1. The molecule has 0 atom stereocenters. The van der Waals surface area contributed by atoms with Crippen LogP contribution in [-0.2, 0) is 18.3 Å². The second-order valence-corrected chi connectivity index (χ2v) is 7.13. The lowest BCUT2D eigenvalue weighted by Gasteiger charge is -2.26. The maximum atomic E-state index is 12.5. The molecule has 26 heavy (non-hydrogen) atoms. The molecule has 1 fully saturated rings. The number of rotatable bonds is 5. The van der Waals surface area contributed by atoms with Gasteiger partial charge in [0.15, 0.2) is 0 Å². The molecule has 2 heterocycles. The standard InChI is InChI=1S/C19H25ClN4O2/c1-13(2)17-16(18(20)23(3)22-17)12-21-15-6-4-14(5-7-15)19(25)24-8-10-26-11-9-24/h4-7,13,21H,8-12H2,1-3H3. The van der Waals surface area contributed by atoms with Gasteiger partial charge in [0, 0.05) is 43.5 Å². The van der Waals surface area contributed by atoms with Crippen LogP contribution in [-0.4, -0.2) is 46.9 Å². The Bertz CT molecular complexity index is 765. The number of amides is 1. The van der Waals surface area contributed by atoms with E-state index in [0.717, 1.165) is 16.9 Å². The van der Waals surface area contributed by atoms with Gasteiger partial charge in [-0.1, -0.05) is 25.4 Å². The quantitative estimate of drug-likeness (QED) is 0.869. The summed E-state index contributed by atoms with van der Waals surface area (Å²) in [5, 5.41) is 8.52. The van der Waals surface area contributed by atoms with Crippen LogP contribution in [0.1, 0.15) is 41.4 Å². The molecule has 3 rings (SSSR count). The van der Waals surface area contributed by atoms with E-state index in [-0.39, 0.29) is 5.91 Å². The fourth-order valence-electron chi connectivity index (χ4n) is 3.06. The van der Waals surface area contributed by atoms with Crippen molar-refractivity contribution in [2.45, 2.75) is 26.3 Å². The number of halogens is 1. The van der Waals surface area contributed by atoms with Crippen LogP contribution >= 0.6 is 11.6 Å². The van der Waals surface area contributed by atoms with E-state index in [1.807, 2.05) is 36.2 Å². The molecule has 1 aromatic heterocycles. The summed E-state index contributed by atoms with van der Waals surface area (Å²) in [7, 11) is 1.85. The number of anilines is 1. The second-order valence-electron chi connectivity index (χ2n) is 6.77. The molecule has 1 amide bonds. The van der Waals surface area contributed by atoms with Gasteiger partial charge in [-0.3, -0.25) is 9.48 Å². The van der Waals surface area contributed by atoms with E-state index in [4.69, 9.17) is 16.3 Å². The average molecular weight is 377 g/mol. The van der Waals surface area contributed by atoms with Gasteiger partial charge in [-0.25, -0.2) is 0 Å². The van der Waals surface area contributed by atoms with Gasteiger partial charge in [0.1, 0.15) is 5.15 Å². The summed E-state index contributed by atoms with van der Waals surface area (Å²) < 4.78 is 7.00. The molecular weight excluding hydrogens is 352 g/mol. The minimum absolute atomic E-state index is 0.0530. The van der Waals surface area contributed by atoms with Crippen molar-refractivity contribution in [1.29, 1.82) is 0 Å². The van der Waals surface area contributed by atoms with E-state index >= 15 is 0 Å². The Morgan fingerprint density at radius 2 is 1.92 bits per heavy atom. The first-order chi connectivity index (χ1) is 12.5. The van der Waals surface area contributed by atoms with Crippen molar-refractivity contribution in [3.8, 4) is 0 Å². The largest absolute Gasteiger partial charge is 0.381 e. The van der Waals surface area contributed by atoms with Crippen molar-refractivity contribution < 1.29 is 9.53 Å². The topological polar surface area (TPSA) is 59.4 Å². The van der Waals surface area contributed by atoms with E-state index in [9.17, 15) is 4.79 Å². The van der Waals surface area contributed by atoms with Gasteiger partial charge in [0.2, 0.25) is 0 Å². The number of benzene rings is 1. The number of morpholine rings is 1. The molecule has 0 bridgehead atoms. The minimum atomic E-state index is 0.0530. The molecule has 6 nitrogen and oxygen atoms in total. The zero-order valence-electron chi connectivity index (χ0n) is 15.5. The number of aryl methyl sites for hydroxylation is 1. The van der Waals surface area contributed by atoms with Gasteiger partial charge in [-0.05, 0) is 30.2 Å². The highest BCUT2D eigenvalue weighted by atomic mass is 35.5. The second kappa shape index (κ2) is 8.10. The van der Waals surface area contributed by atoms with Crippen molar-refractivity contribution >= 4 is 23.2 Å². The molecule has 1 saturated heterocycles. The van der Waals surface area contributed by atoms with E-state index in [2.05, 4.69) is 24.3 Å². The smallest absolute Gasteiger partial charge is 0.254 e. The fourth-order valence-corrected chi connectivity index (χ4v) is 3.27. The first-order valence-corrected chi connectivity index (χ1v) is 9.27. The monoisotopic (exact) mass is 376 g/mol. The Kier molecular flexibility index (Phi) is 5.84. The van der Waals surface area contributed by atoms with Crippen LogP contribution in [0.4, 0.5) is 5.69 Å². The minimum Gasteiger partial charge on any atom is -0.381 e. The summed E-state index contributed by atoms with van der Waals surface area (Å²) in [6.45, 7) is 7.32. The third-order valence-electron chi connectivity index (χ3n) is 4.55. The number of hydrogen-bond acceptors (Lipinski definition) is 4. The van der Waals surface area contributed by atoms with E-state index < -0.39 is 0 Å². The lowest BCUT2D eigenvalue weighted by Crippen LogP contribution is -2.40. The summed E-state index contributed by atoms with van der Waals surface area (Å²) in [5.74, 6) is 0.358. The van der Waals surface area contributed by atoms with Gasteiger partial charge in [-0.2, -0.15) is 5.10 Å². The van der Waals surface area contributed by atoms with Gasteiger partial charge in [-0.15, -0.1) is 0 Å². The van der Waals surface area contributed by atoms with Gasteiger partial charge < -0.3 is 15.0 Å². The van der Waals surface area contributed by atoms with Crippen LogP contribution < -0.4 is 5.32 Å². The molecule has 0 unspecified atom stereocenters. The molecule has 1 aliphatic heterocycles. The number of aromatic nitrogens is 2. The number of carbonyl (C=O) groups excluding carboxylic acids is 1. The van der Waals surface area contributed by atoms with Crippen molar-refractivity contribution in [3.63, 3.8) is 0 Å². The lowest BCUT2D eigenvalue weighted by molar-refractivity contribution is 0.0303. The van der Waals surface area contributed by atoms with Crippen LogP contribution in [0, 0.1) is 0 Å². The highest BCUT2D eigenvalue weighted by molar-refractivity contribution is 6.30. The van der Waals surface area contributed by atoms with E-state index in [1.165, 1.54) is 0 Å². The van der Waals surface area contributed by atoms with Gasteiger partial charge in [0.25, 0.3) is 5.91 Å². The summed E-state index contributed by atoms with van der Waals surface area (Å²) in [6.07, 6.45) is 0. The van der Waals surface area contributed by atoms with Crippen LogP contribution in [0.15, 0.2) is 24.3 Å². The molecular formula is C19H25ClN4O2. The number of nitrogens with zero attached hydrogens (tertiary/aromatic N) is 3. The SMILES string of the molecule is CC(C)c1nn(C)c(Cl)c1CNc1ccc(C(=O)N2CCOCC2)cc1. The van der Waals surface area contributed by atoms with Crippen LogP contribution in [0.3, 0.4) is 0 Å². The van der Waals surface area contributed by atoms with E-state index in [1.54, 1.807) is 4.68 Å². The maximum absolute atomic E-state index is 12.5. The average Bonchev–Trinajstić information content (AvgIpc) is 2.95. The zero-order valence-corrected chi connectivity index (χ0v) is 16.2. The molecule has 0 spiro atoms. The highest BCUT2D eigenvalue weighted by Crippen LogP contribution is 2.26. The van der Waals surface area contributed by atoms with Crippen molar-refractivity contribution in [1.82, 2.24) is 14.7 Å². The molecule has 1 aliphatic rings. The third-order valence-corrected chi connectivity index (χ3v) is 5.02. The van der Waals surface area contributed by atoms with Crippen LogP contribution in [0.2, 0.25) is 5.15 Å². The highest BCUT2D eigenvalue weighted by Gasteiger charge is 2.19. The maximum Gasteiger partial charge on any atom is 0.254 e. The van der Waals surface area contributed by atoms with Crippen LogP contribution in [0.25, 0.3) is 0 Å². The molecule has 1 aromatic carbocycles. The number of ether oxygens (including phenoxy) is 1.